The first-order chi connectivity index (χ1) is 11.0. The summed E-state index contributed by atoms with van der Waals surface area (Å²) in [6, 6.07) is 2.63. The predicted molar refractivity (Wildman–Crippen MR) is 84.6 cm³/mol. The Labute approximate surface area is 140 Å². The average molecular weight is 377 g/mol. The van der Waals surface area contributed by atoms with Gasteiger partial charge in [-0.05, 0) is 40.3 Å². The Morgan fingerprint density at radius 1 is 1.09 bits per heavy atom. The minimum atomic E-state index is -0.296. The van der Waals surface area contributed by atoms with E-state index in [1.165, 1.54) is 12.3 Å². The number of hydrazone groups is 1. The van der Waals surface area contributed by atoms with Crippen molar-refractivity contribution in [2.24, 2.45) is 28.8 Å². The van der Waals surface area contributed by atoms with Gasteiger partial charge in [0.1, 0.15) is 11.5 Å². The van der Waals surface area contributed by atoms with Gasteiger partial charge in [-0.2, -0.15) is 10.1 Å². The summed E-state index contributed by atoms with van der Waals surface area (Å²) in [7, 11) is 0. The quantitative estimate of drug-likeness (QED) is 0.469. The number of allylic oxidation sites excluding steroid dienone is 2. The number of imide groups is 1. The number of phenols is 2. The first-order valence-corrected chi connectivity index (χ1v) is 8.08. The van der Waals surface area contributed by atoms with E-state index in [1.807, 2.05) is 12.2 Å². The van der Waals surface area contributed by atoms with Gasteiger partial charge < -0.3 is 10.2 Å². The van der Waals surface area contributed by atoms with Crippen LogP contribution in [0.1, 0.15) is 12.0 Å². The van der Waals surface area contributed by atoms with Crippen LogP contribution in [-0.4, -0.2) is 33.3 Å². The van der Waals surface area contributed by atoms with Gasteiger partial charge in [-0.15, -0.1) is 0 Å². The van der Waals surface area contributed by atoms with Crippen LogP contribution in [0.25, 0.3) is 0 Å². The molecule has 0 unspecified atom stereocenters. The number of rotatable bonds is 2. The molecule has 2 aliphatic carbocycles. The fourth-order valence-corrected chi connectivity index (χ4v) is 4.15. The van der Waals surface area contributed by atoms with Crippen molar-refractivity contribution in [3.63, 3.8) is 0 Å². The molecule has 4 atom stereocenters. The van der Waals surface area contributed by atoms with Crippen molar-refractivity contribution < 1.29 is 19.8 Å². The standard InChI is InChI=1S/C16H13BrN2O4/c17-10-4-9(11(20)5-12(10)21)6-18-19-15(22)13-7-1-2-8(3-7)14(13)16(19)23/h1-2,4-8,13-14,20-21H,3H2/b18-6+/t7-,8-,13-,14+/m0/s1. The molecule has 1 aliphatic heterocycles. The molecule has 4 rings (SSSR count). The van der Waals surface area contributed by atoms with Crippen molar-refractivity contribution in [3.05, 3.63) is 34.3 Å². The molecule has 118 valence electrons. The normalized spacial score (nSPS) is 31.6. The Morgan fingerprint density at radius 3 is 2.30 bits per heavy atom. The summed E-state index contributed by atoms with van der Waals surface area (Å²) >= 11 is 3.14. The number of hydrogen-bond acceptors (Lipinski definition) is 5. The lowest BCUT2D eigenvalue weighted by molar-refractivity contribution is -0.140. The Balaban J connectivity index is 1.62. The topological polar surface area (TPSA) is 90.2 Å². The summed E-state index contributed by atoms with van der Waals surface area (Å²) in [6.07, 6.45) is 6.17. The fourth-order valence-electron chi connectivity index (χ4n) is 3.79. The zero-order valence-electron chi connectivity index (χ0n) is 11.9. The molecule has 3 aliphatic rings. The van der Waals surface area contributed by atoms with Gasteiger partial charge in [-0.3, -0.25) is 9.59 Å². The summed E-state index contributed by atoms with van der Waals surface area (Å²) in [5.41, 5.74) is 0.299. The molecule has 1 aromatic carbocycles. The SMILES string of the molecule is O=C1[C@@H]2[C@H](C(=O)N1/N=C/c1cc(Br)c(O)cc1O)[C@H]1C=C[C@H]2C1. The molecule has 1 aromatic rings. The molecule has 2 bridgehead atoms. The Kier molecular flexibility index (Phi) is 3.09. The maximum Gasteiger partial charge on any atom is 0.254 e. The number of carbonyl (C=O) groups excluding carboxylic acids is 2. The Morgan fingerprint density at radius 2 is 1.70 bits per heavy atom. The van der Waals surface area contributed by atoms with Gasteiger partial charge in [0.05, 0.1) is 22.5 Å². The number of hydrogen-bond donors (Lipinski definition) is 2. The summed E-state index contributed by atoms with van der Waals surface area (Å²) in [4.78, 5) is 24.9. The number of halogens is 1. The molecule has 1 heterocycles. The van der Waals surface area contributed by atoms with Crippen LogP contribution in [0.4, 0.5) is 0 Å². The number of amides is 2. The van der Waals surface area contributed by atoms with Crippen molar-refractivity contribution >= 4 is 34.0 Å². The van der Waals surface area contributed by atoms with E-state index in [-0.39, 0.29) is 47.0 Å². The second-order valence-corrected chi connectivity index (χ2v) is 6.95. The zero-order chi connectivity index (χ0) is 16.3. The third kappa shape index (κ3) is 2.03. The van der Waals surface area contributed by atoms with Gasteiger partial charge in [-0.1, -0.05) is 12.2 Å². The highest BCUT2D eigenvalue weighted by Crippen LogP contribution is 2.52. The van der Waals surface area contributed by atoms with Gasteiger partial charge in [0.2, 0.25) is 0 Å². The van der Waals surface area contributed by atoms with Crippen LogP contribution < -0.4 is 0 Å². The molecule has 2 fully saturated rings. The second kappa shape index (κ2) is 4.92. The second-order valence-electron chi connectivity index (χ2n) is 6.10. The molecule has 0 aromatic heterocycles. The molecule has 1 saturated carbocycles. The summed E-state index contributed by atoms with van der Waals surface area (Å²) in [5, 5.41) is 24.2. The van der Waals surface area contributed by atoms with Crippen LogP contribution in [0.2, 0.25) is 0 Å². The van der Waals surface area contributed by atoms with Gasteiger partial charge in [0.15, 0.2) is 0 Å². The lowest BCUT2D eigenvalue weighted by Gasteiger charge is -2.13. The molecule has 0 spiro atoms. The van der Waals surface area contributed by atoms with Crippen molar-refractivity contribution in [2.45, 2.75) is 6.42 Å². The molecule has 2 N–H and O–H groups in total. The average Bonchev–Trinajstić information content (AvgIpc) is 3.17. The first-order valence-electron chi connectivity index (χ1n) is 7.29. The predicted octanol–water partition coefficient (Wildman–Crippen LogP) is 2.00. The van der Waals surface area contributed by atoms with E-state index in [1.54, 1.807) is 0 Å². The minimum absolute atomic E-state index is 0.106. The molecule has 1 saturated heterocycles. The highest BCUT2D eigenvalue weighted by molar-refractivity contribution is 9.10. The Hall–Kier alpha value is -2.15. The first kappa shape index (κ1) is 14.4. The third-order valence-corrected chi connectivity index (χ3v) is 5.49. The maximum absolute atomic E-state index is 12.5. The van der Waals surface area contributed by atoms with E-state index < -0.39 is 0 Å². The number of phenolic OH excluding ortho intramolecular Hbond substituents is 2. The van der Waals surface area contributed by atoms with E-state index in [0.29, 0.717) is 10.0 Å². The van der Waals surface area contributed by atoms with Crippen molar-refractivity contribution in [3.8, 4) is 11.5 Å². The smallest absolute Gasteiger partial charge is 0.254 e. The van der Waals surface area contributed by atoms with E-state index in [9.17, 15) is 19.8 Å². The van der Waals surface area contributed by atoms with E-state index in [2.05, 4.69) is 21.0 Å². The summed E-state index contributed by atoms with van der Waals surface area (Å²) in [6.45, 7) is 0. The van der Waals surface area contributed by atoms with Gasteiger partial charge in [-0.25, -0.2) is 0 Å². The molecular weight excluding hydrogens is 364 g/mol. The maximum atomic E-state index is 12.5. The molecular formula is C16H13BrN2O4. The van der Waals surface area contributed by atoms with Crippen LogP contribution in [-0.2, 0) is 9.59 Å². The molecule has 7 heteroatoms. The fraction of sp³-hybridized carbons (Fsp3) is 0.312. The number of nitrogens with zero attached hydrogens (tertiary/aromatic N) is 2. The number of benzene rings is 1. The van der Waals surface area contributed by atoms with Crippen LogP contribution >= 0.6 is 15.9 Å². The van der Waals surface area contributed by atoms with Crippen LogP contribution in [0.15, 0.2) is 33.9 Å². The van der Waals surface area contributed by atoms with E-state index in [4.69, 9.17) is 0 Å². The highest BCUT2D eigenvalue weighted by Gasteiger charge is 2.59. The van der Waals surface area contributed by atoms with Gasteiger partial charge in [0.25, 0.3) is 11.8 Å². The molecule has 23 heavy (non-hydrogen) atoms. The third-order valence-electron chi connectivity index (χ3n) is 4.86. The highest BCUT2D eigenvalue weighted by atomic mass is 79.9. The molecule has 2 amide bonds. The van der Waals surface area contributed by atoms with Crippen molar-refractivity contribution in [1.82, 2.24) is 5.01 Å². The zero-order valence-corrected chi connectivity index (χ0v) is 13.5. The van der Waals surface area contributed by atoms with Gasteiger partial charge >= 0.3 is 0 Å². The lowest BCUT2D eigenvalue weighted by Crippen LogP contribution is -2.28. The molecule has 0 radical (unpaired) electrons. The number of fused-ring (bicyclic) bond motifs is 5. The van der Waals surface area contributed by atoms with Gasteiger partial charge in [0, 0.05) is 11.6 Å². The van der Waals surface area contributed by atoms with Crippen LogP contribution in [0.5, 0.6) is 11.5 Å². The molecule has 6 nitrogen and oxygen atoms in total. The Bertz CT molecular complexity index is 759. The van der Waals surface area contributed by atoms with E-state index >= 15 is 0 Å². The van der Waals surface area contributed by atoms with Crippen molar-refractivity contribution in [2.75, 3.05) is 0 Å². The lowest BCUT2D eigenvalue weighted by atomic mass is 9.85. The number of carbonyl (C=O) groups is 2. The van der Waals surface area contributed by atoms with E-state index in [0.717, 1.165) is 17.5 Å². The largest absolute Gasteiger partial charge is 0.507 e. The summed E-state index contributed by atoms with van der Waals surface area (Å²) < 4.78 is 0.384. The van der Waals surface area contributed by atoms with Crippen LogP contribution in [0, 0.1) is 23.7 Å². The minimum Gasteiger partial charge on any atom is -0.507 e. The summed E-state index contributed by atoms with van der Waals surface area (Å²) in [5.74, 6) is -1.16. The monoisotopic (exact) mass is 376 g/mol. The van der Waals surface area contributed by atoms with Crippen molar-refractivity contribution in [1.29, 1.82) is 0 Å². The van der Waals surface area contributed by atoms with Crippen LogP contribution in [0.3, 0.4) is 0 Å². The number of aromatic hydroxyl groups is 2.